The van der Waals surface area contributed by atoms with Crippen LogP contribution in [0.3, 0.4) is 0 Å². The molecule has 0 saturated carbocycles. The summed E-state index contributed by atoms with van der Waals surface area (Å²) in [5.41, 5.74) is 0.670. The van der Waals surface area contributed by atoms with Crippen LogP contribution in [0, 0.1) is 0 Å². The van der Waals surface area contributed by atoms with Crippen molar-refractivity contribution in [2.45, 2.75) is 84.3 Å². The molecule has 0 unspecified atom stereocenters. The topological polar surface area (TPSA) is 15.3 Å². The van der Waals surface area contributed by atoms with Gasteiger partial charge in [-0.1, -0.05) is 0 Å². The maximum absolute atomic E-state index is 3.50. The SMILES string of the molecule is CC(C)(C)N[B]N1C(C)(C)CCCC1(C)C.c1cc[c]([Sn]([c]2ccccc2)[c]2ccccc2)cc1. The third-order valence-electron chi connectivity index (χ3n) is 6.70. The Kier molecular flexibility index (Phi) is 9.70. The molecule has 0 aromatic heterocycles. The van der Waals surface area contributed by atoms with Gasteiger partial charge in [-0.15, -0.1) is 0 Å². The zero-order chi connectivity index (χ0) is 25.5. The van der Waals surface area contributed by atoms with Gasteiger partial charge in [-0.25, -0.2) is 0 Å². The molecule has 4 rings (SSSR count). The van der Waals surface area contributed by atoms with E-state index in [1.807, 2.05) is 0 Å². The van der Waals surface area contributed by atoms with Crippen LogP contribution in [0.5, 0.6) is 0 Å². The quantitative estimate of drug-likeness (QED) is 0.425. The molecule has 184 valence electrons. The molecule has 3 aromatic rings. The van der Waals surface area contributed by atoms with Crippen LogP contribution in [0.4, 0.5) is 0 Å². The van der Waals surface area contributed by atoms with E-state index >= 15 is 0 Å². The van der Waals surface area contributed by atoms with Crippen molar-refractivity contribution < 1.29 is 0 Å². The van der Waals surface area contributed by atoms with E-state index in [2.05, 4.69) is 157 Å². The fourth-order valence-corrected chi connectivity index (χ4v) is 12.3. The minimum absolute atomic E-state index is 0.142. The molecule has 1 aliphatic rings. The van der Waals surface area contributed by atoms with E-state index in [4.69, 9.17) is 0 Å². The third kappa shape index (κ3) is 8.23. The first-order valence-electron chi connectivity index (χ1n) is 12.9. The number of nitrogens with one attached hydrogen (secondary N) is 1. The normalized spacial score (nSPS) is 17.4. The van der Waals surface area contributed by atoms with Crippen molar-refractivity contribution in [3.05, 3.63) is 91.0 Å². The Balaban J connectivity index is 0.000000199. The molecule has 1 N–H and O–H groups in total. The Morgan fingerprint density at radius 3 is 1.31 bits per heavy atom. The zero-order valence-electron chi connectivity index (χ0n) is 22.8. The van der Waals surface area contributed by atoms with Crippen LogP contribution in [0.15, 0.2) is 91.0 Å². The van der Waals surface area contributed by atoms with Gasteiger partial charge >= 0.3 is 129 Å². The Hall–Kier alpha value is -1.56. The van der Waals surface area contributed by atoms with Gasteiger partial charge in [0.25, 0.3) is 0 Å². The number of rotatable bonds is 5. The predicted molar refractivity (Wildman–Crippen MR) is 156 cm³/mol. The first-order valence-corrected chi connectivity index (χ1v) is 17.2. The van der Waals surface area contributed by atoms with E-state index in [0.717, 1.165) is 0 Å². The fourth-order valence-electron chi connectivity index (χ4n) is 4.94. The summed E-state index contributed by atoms with van der Waals surface area (Å²) < 4.78 is 4.59. The van der Waals surface area contributed by atoms with Gasteiger partial charge in [0.2, 0.25) is 0 Å². The molecule has 1 saturated heterocycles. The molecule has 35 heavy (non-hydrogen) atoms. The summed E-state index contributed by atoms with van der Waals surface area (Å²) in [6.45, 7) is 16.0. The Morgan fingerprint density at radius 2 is 1.00 bits per heavy atom. The minimum atomic E-state index is -1.98. The molecule has 0 bridgehead atoms. The van der Waals surface area contributed by atoms with Gasteiger partial charge in [-0.3, -0.25) is 0 Å². The van der Waals surface area contributed by atoms with Crippen molar-refractivity contribution in [3.63, 3.8) is 0 Å². The first kappa shape index (κ1) is 28.0. The molecule has 0 spiro atoms. The summed E-state index contributed by atoms with van der Waals surface area (Å²) in [4.78, 5) is 2.51. The zero-order valence-corrected chi connectivity index (χ0v) is 25.7. The fraction of sp³-hybridized carbons (Fsp3) is 0.419. The van der Waals surface area contributed by atoms with Crippen LogP contribution in [0.25, 0.3) is 0 Å². The van der Waals surface area contributed by atoms with Gasteiger partial charge < -0.3 is 10.0 Å². The predicted octanol–water partition coefficient (Wildman–Crippen LogP) is 5.15. The van der Waals surface area contributed by atoms with Gasteiger partial charge in [-0.2, -0.15) is 0 Å². The molecule has 2 nitrogen and oxygen atoms in total. The van der Waals surface area contributed by atoms with Crippen molar-refractivity contribution in [3.8, 4) is 0 Å². The van der Waals surface area contributed by atoms with Crippen LogP contribution < -0.4 is 16.0 Å². The van der Waals surface area contributed by atoms with Crippen LogP contribution in [0.1, 0.15) is 67.7 Å². The summed E-state index contributed by atoms with van der Waals surface area (Å²) in [5.74, 6) is 0. The first-order chi connectivity index (χ1) is 16.5. The summed E-state index contributed by atoms with van der Waals surface area (Å²) in [5, 5.41) is 3.50. The second-order valence-electron chi connectivity index (χ2n) is 11.8. The maximum atomic E-state index is 3.50. The Morgan fingerprint density at radius 1 is 0.657 bits per heavy atom. The Labute approximate surface area is 222 Å². The molecule has 0 amide bonds. The second kappa shape index (κ2) is 12.1. The van der Waals surface area contributed by atoms with Crippen molar-refractivity contribution >= 4 is 38.0 Å². The van der Waals surface area contributed by atoms with Gasteiger partial charge in [0, 0.05) is 16.6 Å². The number of hydrogen-bond acceptors (Lipinski definition) is 2. The number of nitrogens with zero attached hydrogens (tertiary/aromatic N) is 1. The van der Waals surface area contributed by atoms with Gasteiger partial charge in [0.15, 0.2) is 0 Å². The number of hydrogen-bond donors (Lipinski definition) is 1. The molecule has 1 aliphatic heterocycles. The number of piperidine rings is 1. The summed E-state index contributed by atoms with van der Waals surface area (Å²) >= 11 is -1.98. The molecule has 1 fully saturated rings. The van der Waals surface area contributed by atoms with Crippen molar-refractivity contribution in [2.24, 2.45) is 0 Å². The standard InChI is InChI=1S/C13H28BN2.3C6H5.Sn/c1-11(2,3)15-14-16-12(4,5)9-8-10-13(16,6)7;3*1-2-4-6-5-3-1;/h15H,8-10H2,1-7H3;3*1-5H;. The summed E-state index contributed by atoms with van der Waals surface area (Å²) in [6, 6.07) is 32.9. The molecule has 4 heteroatoms. The van der Waals surface area contributed by atoms with Crippen LogP contribution in [-0.4, -0.2) is 48.7 Å². The van der Waals surface area contributed by atoms with Crippen molar-refractivity contribution in [1.29, 1.82) is 0 Å². The van der Waals surface area contributed by atoms with E-state index < -0.39 is 19.8 Å². The van der Waals surface area contributed by atoms with Crippen LogP contribution in [-0.2, 0) is 0 Å². The van der Waals surface area contributed by atoms with Gasteiger partial charge in [0.05, 0.1) is 0 Å². The summed E-state index contributed by atoms with van der Waals surface area (Å²) in [6.07, 6.45) is 3.89. The molecule has 1 heterocycles. The van der Waals surface area contributed by atoms with E-state index in [1.165, 1.54) is 30.0 Å². The monoisotopic (exact) mass is 574 g/mol. The van der Waals surface area contributed by atoms with Crippen molar-refractivity contribution in [2.75, 3.05) is 0 Å². The molecular weight excluding hydrogens is 530 g/mol. The summed E-state index contributed by atoms with van der Waals surface area (Å²) in [7, 11) is 2.21. The van der Waals surface area contributed by atoms with Crippen LogP contribution >= 0.6 is 0 Å². The second-order valence-corrected chi connectivity index (χ2v) is 18.9. The van der Waals surface area contributed by atoms with E-state index in [1.54, 1.807) is 0 Å². The van der Waals surface area contributed by atoms with E-state index in [0.29, 0.717) is 0 Å². The average molecular weight is 573 g/mol. The average Bonchev–Trinajstić information content (AvgIpc) is 2.80. The molecule has 0 atom stereocenters. The van der Waals surface area contributed by atoms with Crippen LogP contribution in [0.2, 0.25) is 0 Å². The molecular formula is C31H43BN2Sn. The molecule has 2 radical (unpaired) electrons. The Bertz CT molecular complexity index is 904. The molecule has 0 aliphatic carbocycles. The van der Waals surface area contributed by atoms with Gasteiger partial charge in [-0.05, 0) is 67.7 Å². The van der Waals surface area contributed by atoms with E-state index in [-0.39, 0.29) is 16.6 Å². The van der Waals surface area contributed by atoms with Crippen molar-refractivity contribution in [1.82, 2.24) is 10.0 Å². The van der Waals surface area contributed by atoms with E-state index in [9.17, 15) is 0 Å². The van der Waals surface area contributed by atoms with Gasteiger partial charge in [0.1, 0.15) is 0 Å². The number of benzene rings is 3. The molecule has 3 aromatic carbocycles. The third-order valence-corrected chi connectivity index (χ3v) is 14.5.